The van der Waals surface area contributed by atoms with Crippen LogP contribution in [0, 0.1) is 0 Å². The normalized spacial score (nSPS) is 17.4. The number of halogens is 1. The van der Waals surface area contributed by atoms with Gasteiger partial charge in [-0.25, -0.2) is 0 Å². The first kappa shape index (κ1) is 6.61. The highest BCUT2D eigenvalue weighted by atomic mass is 79.9. The maximum Gasteiger partial charge on any atom is 0.249 e. The first-order valence-electron chi connectivity index (χ1n) is 2.45. The van der Waals surface area contributed by atoms with Gasteiger partial charge in [0.1, 0.15) is 4.48 Å². The van der Waals surface area contributed by atoms with Crippen LogP contribution < -0.4 is 5.43 Å². The number of nitrogens with zero attached hydrogens (tertiary/aromatic N) is 2. The van der Waals surface area contributed by atoms with Crippen LogP contribution in [-0.4, -0.2) is 13.0 Å². The topological polar surface area (TPSA) is 35.7 Å². The Labute approximate surface area is 61.9 Å². The van der Waals surface area contributed by atoms with Crippen molar-refractivity contribution in [2.24, 2.45) is 5.10 Å². The van der Waals surface area contributed by atoms with Crippen LogP contribution in [0.2, 0.25) is 0 Å². The van der Waals surface area contributed by atoms with Gasteiger partial charge in [0.25, 0.3) is 0 Å². The third-order valence-electron chi connectivity index (χ3n) is 0.990. The van der Waals surface area contributed by atoms with Crippen LogP contribution in [-0.2, 0) is 4.74 Å². The number of methoxy groups -OCH3 is 1. The van der Waals surface area contributed by atoms with Crippen LogP contribution in [0.3, 0.4) is 0 Å². The summed E-state index contributed by atoms with van der Waals surface area (Å²) in [5, 5.41) is 3.71. The first-order valence-corrected chi connectivity index (χ1v) is 3.24. The van der Waals surface area contributed by atoms with Crippen molar-refractivity contribution < 1.29 is 4.74 Å². The summed E-state index contributed by atoms with van der Waals surface area (Å²) in [6.07, 6.45) is 0. The maximum absolute atomic E-state index is 4.85. The summed E-state index contributed by atoms with van der Waals surface area (Å²) in [5.74, 6) is 0.549. The minimum Gasteiger partial charge on any atom is -0.479 e. The molecule has 0 fully saturated rings. The monoisotopic (exact) mass is 189 g/mol. The fourth-order valence-electron chi connectivity index (χ4n) is 0.493. The van der Waals surface area contributed by atoms with E-state index in [4.69, 9.17) is 4.74 Å². The summed E-state index contributed by atoms with van der Waals surface area (Å²) >= 11 is 3.26. The van der Waals surface area contributed by atoms with Crippen molar-refractivity contribution >= 4 is 21.8 Å². The molecule has 0 aromatic heterocycles. The molecule has 49 valence electrons. The molecule has 0 amide bonds. The first-order chi connectivity index (χ1) is 4.25. The molecule has 0 aromatic carbocycles. The van der Waals surface area contributed by atoms with Crippen molar-refractivity contribution in [1.82, 2.24) is 5.43 Å². The van der Waals surface area contributed by atoms with Gasteiger partial charge < -0.3 is 4.74 Å². The molecule has 1 heterocycles. The lowest BCUT2D eigenvalue weighted by atomic mass is 10.5. The molecule has 0 saturated heterocycles. The highest BCUT2D eigenvalue weighted by molar-refractivity contribution is 9.12. The van der Waals surface area contributed by atoms with E-state index in [9.17, 15) is 0 Å². The summed E-state index contributed by atoms with van der Waals surface area (Å²) in [4.78, 5) is 0. The SMILES string of the molecule is COC1=N[N]C(C)=C1Br. The van der Waals surface area contributed by atoms with Crippen LogP contribution in [0.1, 0.15) is 6.92 Å². The van der Waals surface area contributed by atoms with Crippen molar-refractivity contribution in [3.05, 3.63) is 10.2 Å². The third-order valence-corrected chi connectivity index (χ3v) is 1.90. The largest absolute Gasteiger partial charge is 0.479 e. The predicted octanol–water partition coefficient (Wildman–Crippen LogP) is 1.19. The van der Waals surface area contributed by atoms with E-state index in [0.29, 0.717) is 5.90 Å². The molecule has 0 aliphatic carbocycles. The second-order valence-electron chi connectivity index (χ2n) is 1.61. The van der Waals surface area contributed by atoms with Crippen molar-refractivity contribution in [3.63, 3.8) is 0 Å². The maximum atomic E-state index is 4.85. The van der Waals surface area contributed by atoms with Gasteiger partial charge in [-0.15, -0.1) is 5.10 Å². The van der Waals surface area contributed by atoms with Gasteiger partial charge in [0, 0.05) is 0 Å². The highest BCUT2D eigenvalue weighted by Gasteiger charge is 2.15. The Hall–Kier alpha value is -0.510. The Morgan fingerprint density at radius 3 is 2.44 bits per heavy atom. The Bertz CT molecular complexity index is 185. The van der Waals surface area contributed by atoms with Gasteiger partial charge in [-0.1, -0.05) is 0 Å². The Morgan fingerprint density at radius 1 is 1.56 bits per heavy atom. The fourth-order valence-corrected chi connectivity index (χ4v) is 0.814. The van der Waals surface area contributed by atoms with Gasteiger partial charge in [0.2, 0.25) is 5.90 Å². The van der Waals surface area contributed by atoms with Crippen molar-refractivity contribution in [2.45, 2.75) is 6.92 Å². The molecule has 1 aliphatic heterocycles. The molecule has 3 nitrogen and oxygen atoms in total. The molecule has 0 atom stereocenters. The smallest absolute Gasteiger partial charge is 0.249 e. The lowest BCUT2D eigenvalue weighted by molar-refractivity contribution is 0.405. The van der Waals surface area contributed by atoms with Gasteiger partial charge >= 0.3 is 0 Å². The van der Waals surface area contributed by atoms with Crippen LogP contribution in [0.4, 0.5) is 0 Å². The summed E-state index contributed by atoms with van der Waals surface area (Å²) in [7, 11) is 1.56. The van der Waals surface area contributed by atoms with E-state index >= 15 is 0 Å². The van der Waals surface area contributed by atoms with Gasteiger partial charge in [0.05, 0.1) is 12.8 Å². The molecule has 1 aliphatic rings. The molecule has 9 heavy (non-hydrogen) atoms. The van der Waals surface area contributed by atoms with Crippen LogP contribution in [0.5, 0.6) is 0 Å². The number of rotatable bonds is 0. The van der Waals surface area contributed by atoms with Crippen molar-refractivity contribution in [3.8, 4) is 0 Å². The van der Waals surface area contributed by atoms with Crippen LogP contribution in [0.15, 0.2) is 15.3 Å². The molecule has 0 spiro atoms. The zero-order valence-corrected chi connectivity index (χ0v) is 6.77. The van der Waals surface area contributed by atoms with Crippen LogP contribution >= 0.6 is 15.9 Å². The van der Waals surface area contributed by atoms with E-state index in [1.54, 1.807) is 7.11 Å². The van der Waals surface area contributed by atoms with E-state index in [0.717, 1.165) is 10.2 Å². The second-order valence-corrected chi connectivity index (χ2v) is 2.40. The zero-order valence-electron chi connectivity index (χ0n) is 5.18. The lowest BCUT2D eigenvalue weighted by Crippen LogP contribution is -1.96. The molecule has 1 radical (unpaired) electrons. The van der Waals surface area contributed by atoms with Gasteiger partial charge in [-0.3, -0.25) is 0 Å². The fraction of sp³-hybridized carbons (Fsp3) is 0.400. The molecule has 0 N–H and O–H groups in total. The third kappa shape index (κ3) is 1.08. The second kappa shape index (κ2) is 2.39. The molecule has 0 unspecified atom stereocenters. The minimum atomic E-state index is 0.549. The Balaban J connectivity index is 2.79. The summed E-state index contributed by atoms with van der Waals surface area (Å²) in [6, 6.07) is 0. The number of hydrogen-bond donors (Lipinski definition) is 0. The highest BCUT2D eigenvalue weighted by Crippen LogP contribution is 2.18. The molecule has 4 heteroatoms. The predicted molar refractivity (Wildman–Crippen MR) is 38.2 cm³/mol. The van der Waals surface area contributed by atoms with E-state index in [1.807, 2.05) is 6.92 Å². The standard InChI is InChI=1S/C5H6BrN2O/c1-3-4(6)5(9-2)8-7-3/h1-2H3. The summed E-state index contributed by atoms with van der Waals surface area (Å²) in [5.41, 5.74) is 4.62. The number of ether oxygens (including phenoxy) is 1. The quantitative estimate of drug-likeness (QED) is 0.565. The van der Waals surface area contributed by atoms with Gasteiger partial charge in [0.15, 0.2) is 0 Å². The van der Waals surface area contributed by atoms with E-state index in [2.05, 4.69) is 26.5 Å². The van der Waals surface area contributed by atoms with Gasteiger partial charge in [-0.05, 0) is 22.9 Å². The minimum absolute atomic E-state index is 0.549. The molecule has 0 aromatic rings. The number of hydrogen-bond acceptors (Lipinski definition) is 2. The van der Waals surface area contributed by atoms with Crippen molar-refractivity contribution in [1.29, 1.82) is 0 Å². The average molecular weight is 190 g/mol. The Morgan fingerprint density at radius 2 is 2.22 bits per heavy atom. The Kier molecular flexibility index (Phi) is 1.75. The summed E-state index contributed by atoms with van der Waals surface area (Å²) in [6.45, 7) is 1.86. The zero-order chi connectivity index (χ0) is 6.85. The lowest BCUT2D eigenvalue weighted by Gasteiger charge is -1.93. The molecule has 1 rings (SSSR count). The summed E-state index contributed by atoms with van der Waals surface area (Å²) < 4.78 is 5.68. The average Bonchev–Trinajstić information content (AvgIpc) is 2.15. The number of allylic oxidation sites excluding steroid dienone is 1. The van der Waals surface area contributed by atoms with Crippen molar-refractivity contribution in [2.75, 3.05) is 7.11 Å². The molecular formula is C5H6BrN2O. The van der Waals surface area contributed by atoms with E-state index in [1.165, 1.54) is 0 Å². The molecule has 0 bridgehead atoms. The molecular weight excluding hydrogens is 184 g/mol. The van der Waals surface area contributed by atoms with E-state index in [-0.39, 0.29) is 0 Å². The van der Waals surface area contributed by atoms with Crippen LogP contribution in [0.25, 0.3) is 0 Å². The van der Waals surface area contributed by atoms with E-state index < -0.39 is 0 Å². The van der Waals surface area contributed by atoms with Gasteiger partial charge in [-0.2, -0.15) is 5.43 Å². The molecule has 0 saturated carbocycles.